The van der Waals surface area contributed by atoms with Crippen LogP contribution < -0.4 is 0 Å². The molecule has 1 saturated heterocycles. The molecule has 2 rings (SSSR count). The first-order chi connectivity index (χ1) is 3.86. The standard InChI is InChI=1S/C6H10O2/c7-5-1-4-2-6(5)8-3-4/h4-7H,1-3H2/t4-,5+,6-/m1/s1. The van der Waals surface area contributed by atoms with E-state index in [2.05, 4.69) is 0 Å². The van der Waals surface area contributed by atoms with Crippen molar-refractivity contribution < 1.29 is 9.84 Å². The molecular formula is C6H10O2. The molecule has 3 atom stereocenters. The van der Waals surface area contributed by atoms with Gasteiger partial charge in [0, 0.05) is 0 Å². The predicted molar refractivity (Wildman–Crippen MR) is 28.5 cm³/mol. The minimum atomic E-state index is -0.145. The molecule has 0 amide bonds. The molecule has 0 aromatic heterocycles. The summed E-state index contributed by atoms with van der Waals surface area (Å²) in [6.45, 7) is 0.891. The van der Waals surface area contributed by atoms with E-state index < -0.39 is 0 Å². The van der Waals surface area contributed by atoms with Crippen molar-refractivity contribution in [2.45, 2.75) is 25.0 Å². The molecule has 8 heavy (non-hydrogen) atoms. The zero-order chi connectivity index (χ0) is 5.56. The third kappa shape index (κ3) is 0.501. The Morgan fingerprint density at radius 1 is 1.38 bits per heavy atom. The third-order valence-corrected chi connectivity index (χ3v) is 2.12. The van der Waals surface area contributed by atoms with Gasteiger partial charge >= 0.3 is 0 Å². The third-order valence-electron chi connectivity index (χ3n) is 2.12. The number of ether oxygens (including phenoxy) is 1. The summed E-state index contributed by atoms with van der Waals surface area (Å²) in [6, 6.07) is 0. The maximum Gasteiger partial charge on any atom is 0.0837 e. The van der Waals surface area contributed by atoms with Gasteiger partial charge in [0.15, 0.2) is 0 Å². The van der Waals surface area contributed by atoms with Crippen LogP contribution in [0, 0.1) is 5.92 Å². The maximum absolute atomic E-state index is 9.09. The fraction of sp³-hybridized carbons (Fsp3) is 1.00. The Bertz CT molecular complexity index is 101. The Labute approximate surface area is 48.5 Å². The molecule has 2 nitrogen and oxygen atoms in total. The zero-order valence-electron chi connectivity index (χ0n) is 4.71. The molecule has 0 aromatic carbocycles. The van der Waals surface area contributed by atoms with E-state index in [1.807, 2.05) is 0 Å². The van der Waals surface area contributed by atoms with E-state index in [-0.39, 0.29) is 12.2 Å². The molecule has 1 aliphatic heterocycles. The molecule has 1 aliphatic carbocycles. The Morgan fingerprint density at radius 3 is 2.50 bits per heavy atom. The van der Waals surface area contributed by atoms with Gasteiger partial charge in [0.25, 0.3) is 0 Å². The van der Waals surface area contributed by atoms with Gasteiger partial charge in [-0.15, -0.1) is 0 Å². The smallest absolute Gasteiger partial charge is 0.0837 e. The summed E-state index contributed by atoms with van der Waals surface area (Å²) < 4.78 is 5.21. The molecule has 1 saturated carbocycles. The first kappa shape index (κ1) is 4.77. The lowest BCUT2D eigenvalue weighted by Crippen LogP contribution is -2.24. The number of hydrogen-bond acceptors (Lipinski definition) is 2. The van der Waals surface area contributed by atoms with E-state index in [1.165, 1.54) is 0 Å². The lowest BCUT2D eigenvalue weighted by Gasteiger charge is -2.15. The Balaban J connectivity index is 2.11. The van der Waals surface area contributed by atoms with E-state index in [9.17, 15) is 0 Å². The Hall–Kier alpha value is -0.0800. The molecule has 2 aliphatic rings. The van der Waals surface area contributed by atoms with Crippen LogP contribution in [0.15, 0.2) is 0 Å². The van der Waals surface area contributed by atoms with Crippen LogP contribution in [0.1, 0.15) is 12.8 Å². The van der Waals surface area contributed by atoms with E-state index in [0.29, 0.717) is 5.92 Å². The molecule has 46 valence electrons. The van der Waals surface area contributed by atoms with Crippen LogP contribution in [-0.4, -0.2) is 23.9 Å². The van der Waals surface area contributed by atoms with Crippen LogP contribution in [-0.2, 0) is 4.74 Å². The van der Waals surface area contributed by atoms with Crippen molar-refractivity contribution in [1.29, 1.82) is 0 Å². The summed E-state index contributed by atoms with van der Waals surface area (Å²) in [4.78, 5) is 0. The fourth-order valence-corrected chi connectivity index (χ4v) is 1.65. The van der Waals surface area contributed by atoms with Crippen LogP contribution in [0.5, 0.6) is 0 Å². The summed E-state index contributed by atoms with van der Waals surface area (Å²) in [5.41, 5.74) is 0. The SMILES string of the molecule is O[C@H]1C[C@H]2CO[C@@H]1C2. The molecule has 0 spiro atoms. The highest BCUT2D eigenvalue weighted by Gasteiger charge is 2.39. The van der Waals surface area contributed by atoms with Gasteiger partial charge < -0.3 is 9.84 Å². The first-order valence-electron chi connectivity index (χ1n) is 3.16. The van der Waals surface area contributed by atoms with E-state index in [4.69, 9.17) is 9.84 Å². The number of fused-ring (bicyclic) bond motifs is 2. The number of aliphatic hydroxyl groups excluding tert-OH is 1. The summed E-state index contributed by atoms with van der Waals surface area (Å²) in [5.74, 6) is 0.676. The minimum Gasteiger partial charge on any atom is -0.390 e. The van der Waals surface area contributed by atoms with Crippen molar-refractivity contribution in [3.8, 4) is 0 Å². The lowest BCUT2D eigenvalue weighted by molar-refractivity contribution is -0.0233. The molecule has 1 heterocycles. The van der Waals surface area contributed by atoms with Crippen LogP contribution >= 0.6 is 0 Å². The van der Waals surface area contributed by atoms with Crippen LogP contribution in [0.25, 0.3) is 0 Å². The highest BCUT2D eigenvalue weighted by atomic mass is 16.5. The van der Waals surface area contributed by atoms with Gasteiger partial charge in [0.1, 0.15) is 0 Å². The highest BCUT2D eigenvalue weighted by Crippen LogP contribution is 2.34. The second-order valence-electron chi connectivity index (χ2n) is 2.78. The van der Waals surface area contributed by atoms with Gasteiger partial charge in [-0.1, -0.05) is 0 Å². The van der Waals surface area contributed by atoms with Crippen molar-refractivity contribution in [2.24, 2.45) is 5.92 Å². The van der Waals surface area contributed by atoms with Crippen molar-refractivity contribution in [3.63, 3.8) is 0 Å². The molecular weight excluding hydrogens is 104 g/mol. The van der Waals surface area contributed by atoms with E-state index >= 15 is 0 Å². The van der Waals surface area contributed by atoms with E-state index in [0.717, 1.165) is 19.4 Å². The number of hydrogen-bond donors (Lipinski definition) is 1. The van der Waals surface area contributed by atoms with Gasteiger partial charge in [0.05, 0.1) is 18.8 Å². The zero-order valence-corrected chi connectivity index (χ0v) is 4.71. The van der Waals surface area contributed by atoms with Gasteiger partial charge in [-0.3, -0.25) is 0 Å². The van der Waals surface area contributed by atoms with Gasteiger partial charge in [0.2, 0.25) is 0 Å². The lowest BCUT2D eigenvalue weighted by atomic mass is 10.1. The van der Waals surface area contributed by atoms with Gasteiger partial charge in [-0.2, -0.15) is 0 Å². The average molecular weight is 114 g/mol. The van der Waals surface area contributed by atoms with Crippen LogP contribution in [0.4, 0.5) is 0 Å². The summed E-state index contributed by atoms with van der Waals surface area (Å²) >= 11 is 0. The monoisotopic (exact) mass is 114 g/mol. The second kappa shape index (κ2) is 1.45. The Kier molecular flexibility index (Phi) is 0.866. The predicted octanol–water partition coefficient (Wildman–Crippen LogP) is 0.156. The molecule has 2 heteroatoms. The van der Waals surface area contributed by atoms with Crippen molar-refractivity contribution in [2.75, 3.05) is 6.61 Å². The maximum atomic E-state index is 9.09. The minimum absolute atomic E-state index is 0.145. The molecule has 0 radical (unpaired) electrons. The molecule has 2 bridgehead atoms. The quantitative estimate of drug-likeness (QED) is 0.486. The number of rotatable bonds is 0. The van der Waals surface area contributed by atoms with Crippen LogP contribution in [0.2, 0.25) is 0 Å². The average Bonchev–Trinajstić information content (AvgIpc) is 2.23. The topological polar surface area (TPSA) is 29.5 Å². The van der Waals surface area contributed by atoms with Gasteiger partial charge in [-0.25, -0.2) is 0 Å². The highest BCUT2D eigenvalue weighted by molar-refractivity contribution is 4.88. The molecule has 0 aromatic rings. The largest absolute Gasteiger partial charge is 0.390 e. The molecule has 2 fully saturated rings. The van der Waals surface area contributed by atoms with Crippen LogP contribution in [0.3, 0.4) is 0 Å². The fourth-order valence-electron chi connectivity index (χ4n) is 1.65. The number of aliphatic hydroxyl groups is 1. The molecule has 0 unspecified atom stereocenters. The molecule has 1 N–H and O–H groups in total. The normalized spacial score (nSPS) is 52.9. The van der Waals surface area contributed by atoms with Crippen molar-refractivity contribution >= 4 is 0 Å². The first-order valence-corrected chi connectivity index (χ1v) is 3.16. The van der Waals surface area contributed by atoms with E-state index in [1.54, 1.807) is 0 Å². The van der Waals surface area contributed by atoms with Crippen molar-refractivity contribution in [1.82, 2.24) is 0 Å². The summed E-state index contributed by atoms with van der Waals surface area (Å²) in [6.07, 6.45) is 2.12. The summed E-state index contributed by atoms with van der Waals surface area (Å²) in [7, 11) is 0. The summed E-state index contributed by atoms with van der Waals surface area (Å²) in [5, 5.41) is 9.09. The Morgan fingerprint density at radius 2 is 2.25 bits per heavy atom. The second-order valence-corrected chi connectivity index (χ2v) is 2.78. The van der Waals surface area contributed by atoms with Gasteiger partial charge in [-0.05, 0) is 18.8 Å². The van der Waals surface area contributed by atoms with Crippen molar-refractivity contribution in [3.05, 3.63) is 0 Å².